The Balaban J connectivity index is 1.66. The minimum absolute atomic E-state index is 0.179. The molecular weight excluding hydrogens is 392 g/mol. The number of carbonyl (C=O) groups excluding carboxylic acids is 2. The van der Waals surface area contributed by atoms with Crippen LogP contribution in [0.2, 0.25) is 0 Å². The first-order valence-electron chi connectivity index (χ1n) is 9.51. The summed E-state index contributed by atoms with van der Waals surface area (Å²) in [7, 11) is -3.62. The molecule has 0 aliphatic carbocycles. The quantitative estimate of drug-likeness (QED) is 0.731. The minimum atomic E-state index is -3.62. The normalized spacial score (nSPS) is 14.9. The molecule has 2 aromatic carbocycles. The molecule has 1 N–H and O–H groups in total. The number of carbonyl (C=O) groups is 2. The number of aryl methyl sites for hydroxylation is 1. The molecule has 0 radical (unpaired) electrons. The van der Waals surface area contributed by atoms with Crippen molar-refractivity contribution < 1.29 is 22.7 Å². The maximum atomic E-state index is 13.0. The van der Waals surface area contributed by atoms with E-state index < -0.39 is 28.5 Å². The number of esters is 1. The van der Waals surface area contributed by atoms with Crippen molar-refractivity contribution in [3.8, 4) is 0 Å². The summed E-state index contributed by atoms with van der Waals surface area (Å²) in [5, 5.41) is 2.59. The molecular formula is C21H24N2O5S. The number of ether oxygens (including phenoxy) is 1. The van der Waals surface area contributed by atoms with Crippen LogP contribution >= 0.6 is 0 Å². The smallest absolute Gasteiger partial charge is 0.338 e. The van der Waals surface area contributed by atoms with Gasteiger partial charge in [0.25, 0.3) is 5.91 Å². The number of nitrogens with zero attached hydrogens (tertiary/aromatic N) is 1. The Morgan fingerprint density at radius 3 is 2.41 bits per heavy atom. The second-order valence-corrected chi connectivity index (χ2v) is 8.84. The van der Waals surface area contributed by atoms with Crippen molar-refractivity contribution >= 4 is 27.6 Å². The summed E-state index contributed by atoms with van der Waals surface area (Å²) in [6.07, 6.45) is 2.73. The summed E-state index contributed by atoms with van der Waals surface area (Å²) in [4.78, 5) is 24.2. The fourth-order valence-electron chi connectivity index (χ4n) is 3.19. The fourth-order valence-corrected chi connectivity index (χ4v) is 4.95. The second kappa shape index (κ2) is 9.19. The maximum absolute atomic E-state index is 13.0. The first-order valence-corrected chi connectivity index (χ1v) is 10.9. The summed E-state index contributed by atoms with van der Waals surface area (Å²) in [5.41, 5.74) is 1.31. The van der Waals surface area contributed by atoms with E-state index in [0.29, 0.717) is 29.9 Å². The van der Waals surface area contributed by atoms with E-state index >= 15 is 0 Å². The number of hydrogen-bond acceptors (Lipinski definition) is 5. The number of hydrogen-bond donors (Lipinski definition) is 1. The van der Waals surface area contributed by atoms with E-state index in [1.165, 1.54) is 10.4 Å². The van der Waals surface area contributed by atoms with Crippen molar-refractivity contribution in [2.75, 3.05) is 25.0 Å². The van der Waals surface area contributed by atoms with Crippen LogP contribution in [0.1, 0.15) is 35.2 Å². The minimum Gasteiger partial charge on any atom is -0.452 e. The van der Waals surface area contributed by atoms with Gasteiger partial charge >= 0.3 is 5.97 Å². The van der Waals surface area contributed by atoms with E-state index in [1.807, 2.05) is 0 Å². The van der Waals surface area contributed by atoms with Crippen molar-refractivity contribution in [1.29, 1.82) is 0 Å². The number of amides is 1. The highest BCUT2D eigenvalue weighted by molar-refractivity contribution is 7.89. The van der Waals surface area contributed by atoms with Gasteiger partial charge in [-0.25, -0.2) is 13.2 Å². The average Bonchev–Trinajstić information content (AvgIpc) is 2.74. The zero-order chi connectivity index (χ0) is 20.9. The van der Waals surface area contributed by atoms with Crippen LogP contribution in [0.5, 0.6) is 0 Å². The molecule has 3 rings (SSSR count). The molecule has 8 heteroatoms. The third kappa shape index (κ3) is 5.21. The summed E-state index contributed by atoms with van der Waals surface area (Å²) in [6, 6.07) is 13.1. The van der Waals surface area contributed by atoms with Crippen LogP contribution in [0.25, 0.3) is 0 Å². The van der Waals surface area contributed by atoms with Crippen molar-refractivity contribution in [2.24, 2.45) is 0 Å². The predicted molar refractivity (Wildman–Crippen MR) is 109 cm³/mol. The molecule has 1 fully saturated rings. The molecule has 1 saturated heterocycles. The molecule has 154 valence electrons. The van der Waals surface area contributed by atoms with Crippen molar-refractivity contribution in [1.82, 2.24) is 4.31 Å². The van der Waals surface area contributed by atoms with Crippen LogP contribution in [0.3, 0.4) is 0 Å². The highest BCUT2D eigenvalue weighted by Crippen LogP contribution is 2.26. The molecule has 0 aromatic heterocycles. The second-order valence-electron chi connectivity index (χ2n) is 6.94. The molecule has 1 aliphatic heterocycles. The number of sulfonamides is 1. The van der Waals surface area contributed by atoms with E-state index in [9.17, 15) is 18.0 Å². The van der Waals surface area contributed by atoms with Crippen LogP contribution in [0.4, 0.5) is 5.69 Å². The van der Waals surface area contributed by atoms with Crippen molar-refractivity contribution in [3.63, 3.8) is 0 Å². The van der Waals surface area contributed by atoms with Gasteiger partial charge in [-0.3, -0.25) is 4.79 Å². The van der Waals surface area contributed by atoms with Gasteiger partial charge in [0.05, 0.1) is 10.5 Å². The summed E-state index contributed by atoms with van der Waals surface area (Å²) >= 11 is 0. The largest absolute Gasteiger partial charge is 0.452 e. The third-order valence-corrected chi connectivity index (χ3v) is 6.79. The number of piperidine rings is 1. The zero-order valence-electron chi connectivity index (χ0n) is 16.3. The van der Waals surface area contributed by atoms with Gasteiger partial charge in [-0.2, -0.15) is 4.31 Å². The Kier molecular flexibility index (Phi) is 6.66. The van der Waals surface area contributed by atoms with Crippen LogP contribution in [0, 0.1) is 6.92 Å². The first kappa shape index (κ1) is 21.0. The van der Waals surface area contributed by atoms with Gasteiger partial charge in [-0.1, -0.05) is 30.7 Å². The Morgan fingerprint density at radius 2 is 1.72 bits per heavy atom. The fraction of sp³-hybridized carbons (Fsp3) is 0.333. The topological polar surface area (TPSA) is 92.8 Å². The van der Waals surface area contributed by atoms with Gasteiger partial charge in [0.1, 0.15) is 0 Å². The molecule has 1 aliphatic rings. The summed E-state index contributed by atoms with van der Waals surface area (Å²) in [5.74, 6) is -1.14. The van der Waals surface area contributed by atoms with E-state index in [0.717, 1.165) is 19.3 Å². The van der Waals surface area contributed by atoms with E-state index in [1.54, 1.807) is 49.4 Å². The van der Waals surface area contributed by atoms with Gasteiger partial charge in [0.15, 0.2) is 6.61 Å². The Hall–Kier alpha value is -2.71. The maximum Gasteiger partial charge on any atom is 0.338 e. The van der Waals surface area contributed by atoms with E-state index in [2.05, 4.69) is 5.32 Å². The third-order valence-electron chi connectivity index (χ3n) is 4.75. The lowest BCUT2D eigenvalue weighted by atomic mass is 10.2. The summed E-state index contributed by atoms with van der Waals surface area (Å²) < 4.78 is 32.4. The molecule has 0 spiro atoms. The highest BCUT2D eigenvalue weighted by Gasteiger charge is 2.27. The van der Waals surface area contributed by atoms with E-state index in [-0.39, 0.29) is 4.90 Å². The summed E-state index contributed by atoms with van der Waals surface area (Å²) in [6.45, 7) is 2.28. The van der Waals surface area contributed by atoms with Crippen molar-refractivity contribution in [3.05, 3.63) is 59.7 Å². The Bertz CT molecular complexity index is 983. The first-order chi connectivity index (χ1) is 13.9. The van der Waals surface area contributed by atoms with Crippen LogP contribution in [-0.2, 0) is 19.6 Å². The molecule has 1 amide bonds. The SMILES string of the molecule is Cc1ccc(NC(=O)COC(=O)c2ccccc2)cc1S(=O)(=O)N1CCCCC1. The monoisotopic (exact) mass is 416 g/mol. The highest BCUT2D eigenvalue weighted by atomic mass is 32.2. The molecule has 0 atom stereocenters. The van der Waals surface area contributed by atoms with Gasteiger partial charge in [0, 0.05) is 18.8 Å². The molecule has 1 heterocycles. The van der Waals surface area contributed by atoms with Crippen LogP contribution in [0.15, 0.2) is 53.4 Å². The van der Waals surface area contributed by atoms with Gasteiger partial charge in [0.2, 0.25) is 10.0 Å². The number of rotatable bonds is 6. The lowest BCUT2D eigenvalue weighted by Crippen LogP contribution is -2.36. The Labute approximate surface area is 170 Å². The molecule has 0 unspecified atom stereocenters. The van der Waals surface area contributed by atoms with Gasteiger partial charge in [-0.05, 0) is 49.6 Å². The van der Waals surface area contributed by atoms with Crippen LogP contribution < -0.4 is 5.32 Å². The standard InChI is InChI=1S/C21H24N2O5S/c1-16-10-11-18(14-19(16)29(26,27)23-12-6-3-7-13-23)22-20(24)15-28-21(25)17-8-4-2-5-9-17/h2,4-5,8-11,14H,3,6-7,12-13,15H2,1H3,(H,22,24). The number of anilines is 1. The average molecular weight is 416 g/mol. The van der Waals surface area contributed by atoms with E-state index in [4.69, 9.17) is 4.74 Å². The Morgan fingerprint density at radius 1 is 1.03 bits per heavy atom. The number of nitrogens with one attached hydrogen (secondary N) is 1. The molecule has 2 aromatic rings. The van der Waals surface area contributed by atoms with Crippen LogP contribution in [-0.4, -0.2) is 44.3 Å². The zero-order valence-corrected chi connectivity index (χ0v) is 17.1. The molecule has 7 nitrogen and oxygen atoms in total. The number of benzene rings is 2. The lowest BCUT2D eigenvalue weighted by molar-refractivity contribution is -0.119. The molecule has 0 bridgehead atoms. The van der Waals surface area contributed by atoms with Crippen molar-refractivity contribution in [2.45, 2.75) is 31.1 Å². The lowest BCUT2D eigenvalue weighted by Gasteiger charge is -2.26. The molecule has 0 saturated carbocycles. The van der Waals surface area contributed by atoms with Gasteiger partial charge in [-0.15, -0.1) is 0 Å². The van der Waals surface area contributed by atoms with Gasteiger partial charge < -0.3 is 10.1 Å². The predicted octanol–water partition coefficient (Wildman–Crippen LogP) is 2.97. The molecule has 29 heavy (non-hydrogen) atoms.